The lowest BCUT2D eigenvalue weighted by Gasteiger charge is -2.44. The molecule has 0 atom stereocenters. The summed E-state index contributed by atoms with van der Waals surface area (Å²) in [6, 6.07) is 20.2. The molecule has 1 aliphatic rings. The first-order chi connectivity index (χ1) is 17.6. The number of nitrogens with zero attached hydrogens (tertiary/aromatic N) is 1. The molecule has 194 valence electrons. The summed E-state index contributed by atoms with van der Waals surface area (Å²) in [6.07, 6.45) is 1.48. The number of carbonyl (C=O) groups is 1. The molecule has 3 aromatic rings. The lowest BCUT2D eigenvalue weighted by Crippen LogP contribution is -2.51. The van der Waals surface area contributed by atoms with Gasteiger partial charge in [0.05, 0.1) is 17.4 Å². The molecule has 1 fully saturated rings. The summed E-state index contributed by atoms with van der Waals surface area (Å²) in [4.78, 5) is 14.5. The first kappa shape index (κ1) is 27.2. The van der Waals surface area contributed by atoms with Crippen LogP contribution in [-0.4, -0.2) is 44.7 Å². The number of ether oxygens (including phenoxy) is 1. The highest BCUT2D eigenvalue weighted by molar-refractivity contribution is 7.92. The number of benzene rings is 3. The highest BCUT2D eigenvalue weighted by atomic mass is 35.5. The maximum Gasteiger partial charge on any atom is 0.338 e. The highest BCUT2D eigenvalue weighted by Gasteiger charge is 2.36. The van der Waals surface area contributed by atoms with Crippen molar-refractivity contribution in [1.82, 2.24) is 4.90 Å². The first-order valence-electron chi connectivity index (χ1n) is 11.8. The molecule has 0 saturated carbocycles. The van der Waals surface area contributed by atoms with E-state index in [4.69, 9.17) is 27.9 Å². The molecule has 9 heteroatoms. The Labute approximate surface area is 227 Å². The van der Waals surface area contributed by atoms with E-state index in [-0.39, 0.29) is 29.9 Å². The third-order valence-corrected chi connectivity index (χ3v) is 8.06. The number of sulfonamides is 1. The van der Waals surface area contributed by atoms with Gasteiger partial charge >= 0.3 is 5.97 Å². The van der Waals surface area contributed by atoms with Crippen molar-refractivity contribution in [2.75, 3.05) is 30.2 Å². The second-order valence-corrected chi connectivity index (χ2v) is 11.8. The lowest BCUT2D eigenvalue weighted by atomic mass is 9.91. The van der Waals surface area contributed by atoms with Crippen molar-refractivity contribution in [2.24, 2.45) is 5.92 Å². The van der Waals surface area contributed by atoms with Gasteiger partial charge in [-0.2, -0.15) is 0 Å². The van der Waals surface area contributed by atoms with Gasteiger partial charge in [0.2, 0.25) is 10.0 Å². The number of hydrogen-bond acceptors (Lipinski definition) is 5. The first-order valence-corrected chi connectivity index (χ1v) is 14.2. The SMILES string of the molecule is C=CCOC(=O)c1cc(C)cc(NS(=O)(=O)CC2CN(C(c3ccc(Cl)cc3)c3ccc(Cl)cc3)C2)c1. The molecule has 37 heavy (non-hydrogen) atoms. The predicted molar refractivity (Wildman–Crippen MR) is 149 cm³/mol. The van der Waals surface area contributed by atoms with E-state index in [0.717, 1.165) is 16.7 Å². The van der Waals surface area contributed by atoms with E-state index in [1.165, 1.54) is 12.1 Å². The van der Waals surface area contributed by atoms with Crippen molar-refractivity contribution in [3.8, 4) is 0 Å². The van der Waals surface area contributed by atoms with Crippen molar-refractivity contribution >= 4 is 44.9 Å². The Morgan fingerprint density at radius 1 is 1.05 bits per heavy atom. The molecular weight excluding hydrogens is 531 g/mol. The van der Waals surface area contributed by atoms with E-state index in [1.54, 1.807) is 19.1 Å². The number of anilines is 1. The number of halogens is 2. The van der Waals surface area contributed by atoms with Crippen LogP contribution in [0, 0.1) is 12.8 Å². The Balaban J connectivity index is 1.43. The molecule has 1 heterocycles. The number of likely N-dealkylation sites (tertiary alicyclic amines) is 1. The molecule has 3 aromatic carbocycles. The van der Waals surface area contributed by atoms with Crippen LogP contribution in [0.1, 0.15) is 33.1 Å². The van der Waals surface area contributed by atoms with E-state index in [1.807, 2.05) is 48.5 Å². The van der Waals surface area contributed by atoms with Crippen LogP contribution >= 0.6 is 23.2 Å². The number of aryl methyl sites for hydroxylation is 1. The van der Waals surface area contributed by atoms with Crippen LogP contribution in [0.3, 0.4) is 0 Å². The van der Waals surface area contributed by atoms with Crippen LogP contribution in [0.2, 0.25) is 10.0 Å². The zero-order valence-electron chi connectivity index (χ0n) is 20.4. The molecule has 0 aromatic heterocycles. The molecule has 6 nitrogen and oxygen atoms in total. The van der Waals surface area contributed by atoms with Gasteiger partial charge < -0.3 is 4.74 Å². The van der Waals surface area contributed by atoms with Gasteiger partial charge in [-0.05, 0) is 66.1 Å². The Morgan fingerprint density at radius 3 is 2.16 bits per heavy atom. The average molecular weight is 560 g/mol. The minimum Gasteiger partial charge on any atom is -0.458 e. The summed E-state index contributed by atoms with van der Waals surface area (Å²) in [6.45, 7) is 6.63. The molecule has 1 N–H and O–H groups in total. The Kier molecular flexibility index (Phi) is 8.60. The van der Waals surface area contributed by atoms with Crippen molar-refractivity contribution < 1.29 is 17.9 Å². The molecule has 4 rings (SSSR count). The van der Waals surface area contributed by atoms with Crippen LogP contribution in [0.25, 0.3) is 0 Å². The minimum absolute atomic E-state index is 0.0261. The Morgan fingerprint density at radius 2 is 1.62 bits per heavy atom. The maximum atomic E-state index is 13.0. The van der Waals surface area contributed by atoms with Crippen LogP contribution in [-0.2, 0) is 14.8 Å². The molecule has 0 unspecified atom stereocenters. The molecule has 1 saturated heterocycles. The van der Waals surface area contributed by atoms with Gasteiger partial charge in [-0.3, -0.25) is 9.62 Å². The summed E-state index contributed by atoms with van der Waals surface area (Å²) in [7, 11) is -3.64. The van der Waals surface area contributed by atoms with E-state index >= 15 is 0 Å². The van der Waals surface area contributed by atoms with Gasteiger partial charge in [-0.1, -0.05) is 60.1 Å². The molecule has 0 radical (unpaired) electrons. The van der Waals surface area contributed by atoms with Gasteiger partial charge in [0.15, 0.2) is 0 Å². The van der Waals surface area contributed by atoms with Gasteiger partial charge in [0.25, 0.3) is 0 Å². The summed E-state index contributed by atoms with van der Waals surface area (Å²) < 4.78 is 33.6. The van der Waals surface area contributed by atoms with Gasteiger partial charge in [0, 0.05) is 34.7 Å². The quantitative estimate of drug-likeness (QED) is 0.240. The summed E-state index contributed by atoms with van der Waals surface area (Å²) >= 11 is 12.2. The van der Waals surface area contributed by atoms with Gasteiger partial charge in [-0.25, -0.2) is 13.2 Å². The third kappa shape index (κ3) is 7.14. The second kappa shape index (κ2) is 11.7. The highest BCUT2D eigenvalue weighted by Crippen LogP contribution is 2.36. The summed E-state index contributed by atoms with van der Waals surface area (Å²) in [5, 5.41) is 1.32. The summed E-state index contributed by atoms with van der Waals surface area (Å²) in [5.41, 5.74) is 3.50. The second-order valence-electron chi connectivity index (χ2n) is 9.18. The van der Waals surface area contributed by atoms with Crippen LogP contribution in [0.5, 0.6) is 0 Å². The zero-order valence-corrected chi connectivity index (χ0v) is 22.7. The number of hydrogen-bond donors (Lipinski definition) is 1. The van der Waals surface area contributed by atoms with Crippen molar-refractivity contribution in [2.45, 2.75) is 13.0 Å². The molecule has 0 bridgehead atoms. The fourth-order valence-corrected chi connectivity index (χ4v) is 6.18. The van der Waals surface area contributed by atoms with Crippen molar-refractivity contribution in [3.63, 3.8) is 0 Å². The topological polar surface area (TPSA) is 75.7 Å². The minimum atomic E-state index is -3.64. The fourth-order valence-electron chi connectivity index (χ4n) is 4.54. The zero-order chi connectivity index (χ0) is 26.6. The van der Waals surface area contributed by atoms with Crippen molar-refractivity contribution in [1.29, 1.82) is 0 Å². The predicted octanol–water partition coefficient (Wildman–Crippen LogP) is 6.11. The number of carbonyl (C=O) groups excluding carboxylic acids is 1. The number of rotatable bonds is 10. The molecule has 1 aliphatic heterocycles. The standard InChI is InChI=1S/C28H28Cl2N2O4S/c1-3-12-36-28(33)23-13-19(2)14-26(15-23)31-37(34,35)18-20-16-32(17-20)27(21-4-8-24(29)9-5-21)22-6-10-25(30)11-7-22/h3-11,13-15,20,27,31H,1,12,16-18H2,2H3. The molecule has 0 amide bonds. The monoisotopic (exact) mass is 558 g/mol. The Hall–Kier alpha value is -2.84. The Bertz CT molecular complexity index is 1320. The number of nitrogens with one attached hydrogen (secondary N) is 1. The van der Waals surface area contributed by atoms with Gasteiger partial charge in [0.1, 0.15) is 6.61 Å². The third-order valence-electron chi connectivity index (χ3n) is 6.10. The van der Waals surface area contributed by atoms with Crippen LogP contribution < -0.4 is 4.72 Å². The average Bonchev–Trinajstić information content (AvgIpc) is 2.82. The molecule has 0 aliphatic carbocycles. The summed E-state index contributed by atoms with van der Waals surface area (Å²) in [5.74, 6) is -0.600. The number of esters is 1. The fraction of sp³-hybridized carbons (Fsp3) is 0.250. The van der Waals surface area contributed by atoms with Crippen molar-refractivity contribution in [3.05, 3.63) is 112 Å². The lowest BCUT2D eigenvalue weighted by molar-refractivity contribution is 0.0549. The normalized spacial score (nSPS) is 14.3. The van der Waals surface area contributed by atoms with E-state index in [0.29, 0.717) is 28.8 Å². The van der Waals surface area contributed by atoms with Crippen LogP contribution in [0.4, 0.5) is 5.69 Å². The van der Waals surface area contributed by atoms with Gasteiger partial charge in [-0.15, -0.1) is 0 Å². The smallest absolute Gasteiger partial charge is 0.338 e. The van der Waals surface area contributed by atoms with E-state index in [2.05, 4.69) is 16.2 Å². The molecule has 0 spiro atoms. The molecular formula is C28H28Cl2N2O4S. The van der Waals surface area contributed by atoms with Crippen LogP contribution in [0.15, 0.2) is 79.4 Å². The maximum absolute atomic E-state index is 13.0. The van der Waals surface area contributed by atoms with E-state index < -0.39 is 16.0 Å². The van der Waals surface area contributed by atoms with E-state index in [9.17, 15) is 13.2 Å². The largest absolute Gasteiger partial charge is 0.458 e.